The summed E-state index contributed by atoms with van der Waals surface area (Å²) in [6.07, 6.45) is 0. The van der Waals surface area contributed by atoms with Gasteiger partial charge in [-0.3, -0.25) is 4.79 Å². The van der Waals surface area contributed by atoms with Crippen LogP contribution in [0.3, 0.4) is 0 Å². The lowest BCUT2D eigenvalue weighted by molar-refractivity contribution is -0.130. The summed E-state index contributed by atoms with van der Waals surface area (Å²) in [5.74, 6) is -0.268. The minimum atomic E-state index is -3.56. The van der Waals surface area contributed by atoms with Crippen LogP contribution in [-0.4, -0.2) is 56.8 Å². The van der Waals surface area contributed by atoms with E-state index in [1.165, 1.54) is 16.1 Å². The summed E-state index contributed by atoms with van der Waals surface area (Å²) in [6, 6.07) is -0.749. The van der Waals surface area contributed by atoms with E-state index in [0.29, 0.717) is 13.1 Å². The molecule has 0 fully saturated rings. The Kier molecular flexibility index (Phi) is 5.91. The summed E-state index contributed by atoms with van der Waals surface area (Å²) in [4.78, 5) is 12.9. The number of nitrogens with one attached hydrogen (secondary N) is 1. The predicted octanol–water partition coefficient (Wildman–Crippen LogP) is -0.361. The van der Waals surface area contributed by atoms with Crippen LogP contribution >= 0.6 is 0 Å². The quantitative estimate of drug-likeness (QED) is 0.701. The normalized spacial score (nSPS) is 13.9. The molecule has 1 N–H and O–H groups in total. The van der Waals surface area contributed by atoms with Gasteiger partial charge < -0.3 is 4.90 Å². The zero-order valence-corrected chi connectivity index (χ0v) is 11.3. The number of rotatable bonds is 6. The average molecular weight is 251 g/mol. The molecule has 6 nitrogen and oxygen atoms in total. The van der Waals surface area contributed by atoms with Gasteiger partial charge in [-0.2, -0.15) is 17.4 Å². The number of amides is 1. The van der Waals surface area contributed by atoms with Crippen LogP contribution in [0.4, 0.5) is 0 Å². The van der Waals surface area contributed by atoms with Crippen LogP contribution in [0.5, 0.6) is 0 Å². The van der Waals surface area contributed by atoms with E-state index in [0.717, 1.165) is 0 Å². The van der Waals surface area contributed by atoms with Crippen LogP contribution < -0.4 is 4.72 Å². The van der Waals surface area contributed by atoms with Crippen LogP contribution in [-0.2, 0) is 15.0 Å². The highest BCUT2D eigenvalue weighted by atomic mass is 32.2. The van der Waals surface area contributed by atoms with Gasteiger partial charge in [-0.15, -0.1) is 0 Å². The minimum absolute atomic E-state index is 0.268. The zero-order valence-electron chi connectivity index (χ0n) is 10.5. The molecule has 1 atom stereocenters. The smallest absolute Gasteiger partial charge is 0.280 e. The lowest BCUT2D eigenvalue weighted by atomic mass is 10.3. The SMILES string of the molecule is CCN(CC)S(=O)(=O)N[C@H](C)C(=O)N(C)C. The molecule has 0 saturated carbocycles. The largest absolute Gasteiger partial charge is 0.347 e. The zero-order chi connectivity index (χ0) is 12.9. The Morgan fingerprint density at radius 2 is 1.69 bits per heavy atom. The molecule has 0 saturated heterocycles. The van der Waals surface area contributed by atoms with Gasteiger partial charge in [-0.25, -0.2) is 0 Å². The van der Waals surface area contributed by atoms with Crippen molar-refractivity contribution in [3.63, 3.8) is 0 Å². The summed E-state index contributed by atoms with van der Waals surface area (Å²) in [6.45, 7) is 5.80. The molecule has 0 aromatic rings. The third kappa shape index (κ3) is 4.07. The van der Waals surface area contributed by atoms with Gasteiger partial charge in [-0.05, 0) is 6.92 Å². The standard InChI is InChI=1S/C9H21N3O3S/c1-6-12(7-2)16(14,15)10-8(3)9(13)11(4)5/h8,10H,6-7H2,1-5H3/t8-/m1/s1. The molecule has 96 valence electrons. The maximum Gasteiger partial charge on any atom is 0.280 e. The van der Waals surface area contributed by atoms with E-state index in [9.17, 15) is 13.2 Å². The monoisotopic (exact) mass is 251 g/mol. The Hall–Kier alpha value is -0.660. The highest BCUT2D eigenvalue weighted by Crippen LogP contribution is 1.99. The maximum atomic E-state index is 11.8. The van der Waals surface area contributed by atoms with Crippen molar-refractivity contribution in [2.45, 2.75) is 26.8 Å². The highest BCUT2D eigenvalue weighted by Gasteiger charge is 2.25. The number of likely N-dealkylation sites (N-methyl/N-ethyl adjacent to an activating group) is 1. The second-order valence-electron chi connectivity index (χ2n) is 3.66. The minimum Gasteiger partial charge on any atom is -0.347 e. The highest BCUT2D eigenvalue weighted by molar-refractivity contribution is 7.87. The molecule has 0 bridgehead atoms. The summed E-state index contributed by atoms with van der Waals surface area (Å²) >= 11 is 0. The van der Waals surface area contributed by atoms with E-state index in [1.54, 1.807) is 27.9 Å². The molecule has 0 radical (unpaired) electrons. The molecule has 16 heavy (non-hydrogen) atoms. The third-order valence-electron chi connectivity index (χ3n) is 2.18. The fraction of sp³-hybridized carbons (Fsp3) is 0.889. The fourth-order valence-corrected chi connectivity index (χ4v) is 2.68. The van der Waals surface area contributed by atoms with Crippen LogP contribution in [0, 0.1) is 0 Å². The second kappa shape index (κ2) is 6.17. The summed E-state index contributed by atoms with van der Waals surface area (Å²) in [5, 5.41) is 0. The number of nitrogens with zero attached hydrogens (tertiary/aromatic N) is 2. The van der Waals surface area contributed by atoms with Gasteiger partial charge in [0.25, 0.3) is 10.2 Å². The molecule has 7 heteroatoms. The lowest BCUT2D eigenvalue weighted by Gasteiger charge is -2.23. The first-order valence-electron chi connectivity index (χ1n) is 5.24. The van der Waals surface area contributed by atoms with Gasteiger partial charge in [0.15, 0.2) is 0 Å². The lowest BCUT2D eigenvalue weighted by Crippen LogP contribution is -2.49. The second-order valence-corrected chi connectivity index (χ2v) is 5.36. The van der Waals surface area contributed by atoms with E-state index >= 15 is 0 Å². The van der Waals surface area contributed by atoms with Gasteiger partial charge >= 0.3 is 0 Å². The molecule has 0 heterocycles. The molecule has 0 spiro atoms. The van der Waals surface area contributed by atoms with Crippen molar-refractivity contribution in [1.82, 2.24) is 13.9 Å². The third-order valence-corrected chi connectivity index (χ3v) is 4.03. The molecule has 0 aliphatic carbocycles. The Bertz CT molecular complexity index is 323. The fourth-order valence-electron chi connectivity index (χ4n) is 1.30. The van der Waals surface area contributed by atoms with Crippen molar-refractivity contribution in [3.05, 3.63) is 0 Å². The van der Waals surface area contributed by atoms with E-state index < -0.39 is 16.3 Å². The van der Waals surface area contributed by atoms with Crippen molar-refractivity contribution in [1.29, 1.82) is 0 Å². The van der Waals surface area contributed by atoms with Crippen molar-refractivity contribution in [2.75, 3.05) is 27.2 Å². The Morgan fingerprint density at radius 1 is 1.25 bits per heavy atom. The van der Waals surface area contributed by atoms with Crippen molar-refractivity contribution >= 4 is 16.1 Å². The van der Waals surface area contributed by atoms with Gasteiger partial charge in [0.1, 0.15) is 0 Å². The molecule has 0 aliphatic heterocycles. The summed E-state index contributed by atoms with van der Waals surface area (Å²) in [7, 11) is -0.389. The first kappa shape index (κ1) is 15.3. The first-order chi connectivity index (χ1) is 7.26. The number of hydrogen-bond donors (Lipinski definition) is 1. The maximum absolute atomic E-state index is 11.8. The van der Waals surface area contributed by atoms with E-state index in [2.05, 4.69) is 4.72 Å². The van der Waals surface area contributed by atoms with Crippen molar-refractivity contribution < 1.29 is 13.2 Å². The molecule has 1 amide bonds. The summed E-state index contributed by atoms with van der Waals surface area (Å²) in [5.41, 5.74) is 0. The number of carbonyl (C=O) groups excluding carboxylic acids is 1. The number of hydrogen-bond acceptors (Lipinski definition) is 3. The summed E-state index contributed by atoms with van der Waals surface area (Å²) < 4.78 is 27.2. The topological polar surface area (TPSA) is 69.7 Å². The molecule has 0 aliphatic rings. The van der Waals surface area contributed by atoms with Gasteiger partial charge in [-0.1, -0.05) is 13.8 Å². The number of carbonyl (C=O) groups is 1. The Labute approximate surface area is 97.8 Å². The van der Waals surface area contributed by atoms with E-state index in [-0.39, 0.29) is 5.91 Å². The van der Waals surface area contributed by atoms with E-state index in [1.807, 2.05) is 0 Å². The van der Waals surface area contributed by atoms with Crippen molar-refractivity contribution in [2.24, 2.45) is 0 Å². The molecule has 0 aromatic carbocycles. The van der Waals surface area contributed by atoms with Gasteiger partial charge in [0.2, 0.25) is 5.91 Å². The van der Waals surface area contributed by atoms with Gasteiger partial charge in [0.05, 0.1) is 6.04 Å². The Morgan fingerprint density at radius 3 is 2.00 bits per heavy atom. The molecular formula is C9H21N3O3S. The van der Waals surface area contributed by atoms with Gasteiger partial charge in [0, 0.05) is 27.2 Å². The molecule has 0 rings (SSSR count). The molecule has 0 unspecified atom stereocenters. The van der Waals surface area contributed by atoms with Crippen LogP contribution in [0.15, 0.2) is 0 Å². The molecular weight excluding hydrogens is 230 g/mol. The predicted molar refractivity (Wildman–Crippen MR) is 63.1 cm³/mol. The van der Waals surface area contributed by atoms with Crippen LogP contribution in [0.1, 0.15) is 20.8 Å². The van der Waals surface area contributed by atoms with E-state index in [4.69, 9.17) is 0 Å². The van der Waals surface area contributed by atoms with Crippen LogP contribution in [0.2, 0.25) is 0 Å². The Balaban J connectivity index is 4.66. The average Bonchev–Trinajstić information content (AvgIpc) is 2.16. The first-order valence-corrected chi connectivity index (χ1v) is 6.68. The van der Waals surface area contributed by atoms with Crippen LogP contribution in [0.25, 0.3) is 0 Å². The van der Waals surface area contributed by atoms with Crippen molar-refractivity contribution in [3.8, 4) is 0 Å². The molecule has 0 aromatic heterocycles.